The maximum absolute atomic E-state index is 11.0. The Hall–Kier alpha value is -3.67. The zero-order valence-electron chi connectivity index (χ0n) is 14.9. The first-order valence-corrected chi connectivity index (χ1v) is 8.58. The Morgan fingerprint density at radius 1 is 1.36 bits per heavy atom. The topological polar surface area (TPSA) is 157 Å². The summed E-state index contributed by atoms with van der Waals surface area (Å²) < 4.78 is 10.9. The van der Waals surface area contributed by atoms with Crippen LogP contribution in [0.5, 0.6) is 5.75 Å². The van der Waals surface area contributed by atoms with Gasteiger partial charge in [0.25, 0.3) is 5.91 Å². The van der Waals surface area contributed by atoms with Crippen molar-refractivity contribution in [3.63, 3.8) is 0 Å². The van der Waals surface area contributed by atoms with Gasteiger partial charge in [-0.15, -0.1) is 0 Å². The standard InChI is InChI=1S/C20H17N5O3/c21-7-15-14-4-5-27-8-16(14)18(20(10-22,11-23)19(15)25)12-2-1-3-13(6-12)28-9-17(24)26/h1-4,6,15-16,18,25H,5,8-9H2,(H2,24,26)/t15-,16-,18-/m1/s1. The highest BCUT2D eigenvalue weighted by Crippen LogP contribution is 2.53. The van der Waals surface area contributed by atoms with Gasteiger partial charge in [0.05, 0.1) is 37.1 Å². The number of primary amides is 1. The smallest absolute Gasteiger partial charge is 0.255 e. The van der Waals surface area contributed by atoms with Gasteiger partial charge in [-0.25, -0.2) is 0 Å². The van der Waals surface area contributed by atoms with Crippen LogP contribution in [0.15, 0.2) is 35.9 Å². The molecule has 1 amide bonds. The highest BCUT2D eigenvalue weighted by molar-refractivity contribution is 6.00. The van der Waals surface area contributed by atoms with Gasteiger partial charge in [-0.2, -0.15) is 15.8 Å². The molecule has 1 aromatic rings. The van der Waals surface area contributed by atoms with Gasteiger partial charge in [0.1, 0.15) is 11.7 Å². The highest BCUT2D eigenvalue weighted by Gasteiger charge is 2.57. The zero-order valence-corrected chi connectivity index (χ0v) is 14.9. The summed E-state index contributed by atoms with van der Waals surface area (Å²) in [5.74, 6) is -2.33. The van der Waals surface area contributed by atoms with Crippen LogP contribution in [0.3, 0.4) is 0 Å². The Labute approximate surface area is 161 Å². The van der Waals surface area contributed by atoms with Crippen LogP contribution in [0, 0.1) is 56.7 Å². The summed E-state index contributed by atoms with van der Waals surface area (Å²) in [6.07, 6.45) is 1.76. The summed E-state index contributed by atoms with van der Waals surface area (Å²) in [6, 6.07) is 12.7. The van der Waals surface area contributed by atoms with Gasteiger partial charge in [-0.1, -0.05) is 18.2 Å². The normalized spacial score (nSPS) is 25.2. The second-order valence-electron chi connectivity index (χ2n) is 6.66. The number of amides is 1. The van der Waals surface area contributed by atoms with E-state index >= 15 is 0 Å². The van der Waals surface area contributed by atoms with Crippen molar-refractivity contribution in [2.24, 2.45) is 23.0 Å². The molecule has 8 nitrogen and oxygen atoms in total. The second kappa shape index (κ2) is 7.52. The molecule has 1 aliphatic heterocycles. The minimum Gasteiger partial charge on any atom is -0.484 e. The van der Waals surface area contributed by atoms with E-state index in [0.717, 1.165) is 0 Å². The molecule has 1 heterocycles. The number of carbonyl (C=O) groups excluding carboxylic acids is 1. The minimum atomic E-state index is -1.81. The molecular formula is C20H17N5O3. The monoisotopic (exact) mass is 375 g/mol. The molecule has 0 spiro atoms. The van der Waals surface area contributed by atoms with Crippen LogP contribution in [0.2, 0.25) is 0 Å². The summed E-state index contributed by atoms with van der Waals surface area (Å²) in [4.78, 5) is 11.0. The lowest BCUT2D eigenvalue weighted by molar-refractivity contribution is -0.119. The number of nitrogens with two attached hydrogens (primary N) is 1. The van der Waals surface area contributed by atoms with Gasteiger partial charge >= 0.3 is 0 Å². The van der Waals surface area contributed by atoms with E-state index in [9.17, 15) is 20.6 Å². The van der Waals surface area contributed by atoms with Crippen LogP contribution >= 0.6 is 0 Å². The summed E-state index contributed by atoms with van der Waals surface area (Å²) in [5, 5.41) is 37.9. The number of hydrogen-bond donors (Lipinski definition) is 2. The molecule has 3 atom stereocenters. The Morgan fingerprint density at radius 2 is 2.11 bits per heavy atom. The number of nitriles is 3. The molecule has 8 heteroatoms. The predicted octanol–water partition coefficient (Wildman–Crippen LogP) is 1.41. The van der Waals surface area contributed by atoms with Crippen molar-refractivity contribution < 1.29 is 14.3 Å². The largest absolute Gasteiger partial charge is 0.484 e. The molecule has 1 aliphatic carbocycles. The molecule has 0 bridgehead atoms. The molecule has 1 aromatic carbocycles. The second-order valence-corrected chi connectivity index (χ2v) is 6.66. The fourth-order valence-electron chi connectivity index (χ4n) is 3.94. The molecule has 3 N–H and O–H groups in total. The number of rotatable bonds is 4. The van der Waals surface area contributed by atoms with Crippen molar-refractivity contribution >= 4 is 11.6 Å². The number of benzene rings is 1. The summed E-state index contributed by atoms with van der Waals surface area (Å²) >= 11 is 0. The Bertz CT molecular complexity index is 965. The van der Waals surface area contributed by atoms with Crippen molar-refractivity contribution in [1.82, 2.24) is 0 Å². The van der Waals surface area contributed by atoms with Gasteiger partial charge in [-0.05, 0) is 23.3 Å². The van der Waals surface area contributed by atoms with Crippen molar-refractivity contribution in [3.05, 3.63) is 41.5 Å². The molecule has 0 saturated heterocycles. The number of hydrogen-bond acceptors (Lipinski definition) is 7. The van der Waals surface area contributed by atoms with Gasteiger partial charge < -0.3 is 20.6 Å². The van der Waals surface area contributed by atoms with Crippen molar-refractivity contribution in [1.29, 1.82) is 21.2 Å². The van der Waals surface area contributed by atoms with E-state index in [1.807, 2.05) is 12.1 Å². The molecule has 0 radical (unpaired) electrons. The average molecular weight is 375 g/mol. The van der Waals surface area contributed by atoms with Crippen molar-refractivity contribution in [2.45, 2.75) is 5.92 Å². The van der Waals surface area contributed by atoms with E-state index < -0.39 is 29.1 Å². The summed E-state index contributed by atoms with van der Waals surface area (Å²) in [7, 11) is 0. The van der Waals surface area contributed by atoms with E-state index in [0.29, 0.717) is 23.5 Å². The van der Waals surface area contributed by atoms with Gasteiger partial charge in [0.2, 0.25) is 0 Å². The maximum atomic E-state index is 11.0. The van der Waals surface area contributed by atoms with E-state index in [2.05, 4.69) is 6.07 Å². The Balaban J connectivity index is 2.14. The number of fused-ring (bicyclic) bond motifs is 1. The van der Waals surface area contributed by atoms with Crippen LogP contribution in [-0.2, 0) is 9.53 Å². The Morgan fingerprint density at radius 3 is 2.75 bits per heavy atom. The first-order valence-electron chi connectivity index (χ1n) is 8.58. The van der Waals surface area contributed by atoms with Crippen LogP contribution in [0.1, 0.15) is 11.5 Å². The molecule has 1 fully saturated rings. The molecule has 2 aliphatic rings. The number of nitrogens with one attached hydrogen (secondary N) is 1. The SMILES string of the molecule is N#C[C@H]1C(=N)C(C#N)(C#N)[C@H](c2cccc(OCC(N)=O)c2)[C@@H]2COCC=C12. The van der Waals surface area contributed by atoms with Gasteiger partial charge in [0.15, 0.2) is 12.0 Å². The lowest BCUT2D eigenvalue weighted by Crippen LogP contribution is -2.50. The fraction of sp³-hybridized carbons (Fsp3) is 0.350. The van der Waals surface area contributed by atoms with Crippen molar-refractivity contribution in [2.75, 3.05) is 19.8 Å². The third-order valence-electron chi connectivity index (χ3n) is 5.16. The molecule has 1 saturated carbocycles. The number of carbonyl (C=O) groups is 1. The quantitative estimate of drug-likeness (QED) is 0.758. The van der Waals surface area contributed by atoms with E-state index in [-0.39, 0.29) is 18.9 Å². The third-order valence-corrected chi connectivity index (χ3v) is 5.16. The van der Waals surface area contributed by atoms with E-state index in [4.69, 9.17) is 20.6 Å². The van der Waals surface area contributed by atoms with Gasteiger partial charge in [-0.3, -0.25) is 4.79 Å². The average Bonchev–Trinajstić information content (AvgIpc) is 2.71. The minimum absolute atomic E-state index is 0.224. The lowest BCUT2D eigenvalue weighted by atomic mass is 9.54. The van der Waals surface area contributed by atoms with Crippen LogP contribution in [0.4, 0.5) is 0 Å². The first kappa shape index (κ1) is 19.1. The third kappa shape index (κ3) is 2.99. The molecule has 140 valence electrons. The maximum Gasteiger partial charge on any atom is 0.255 e. The summed E-state index contributed by atoms with van der Waals surface area (Å²) in [6.45, 7) is 0.247. The highest BCUT2D eigenvalue weighted by atomic mass is 16.5. The molecule has 0 aromatic heterocycles. The van der Waals surface area contributed by atoms with Crippen LogP contribution in [-0.4, -0.2) is 31.4 Å². The van der Waals surface area contributed by atoms with Crippen molar-refractivity contribution in [3.8, 4) is 24.0 Å². The molecular weight excluding hydrogens is 358 g/mol. The fourth-order valence-corrected chi connectivity index (χ4v) is 3.94. The van der Waals surface area contributed by atoms with Gasteiger partial charge in [0, 0.05) is 11.8 Å². The van der Waals surface area contributed by atoms with E-state index in [1.165, 1.54) is 0 Å². The lowest BCUT2D eigenvalue weighted by Gasteiger charge is -2.45. The Kier molecular flexibility index (Phi) is 5.13. The van der Waals surface area contributed by atoms with Crippen LogP contribution < -0.4 is 10.5 Å². The number of ether oxygens (including phenoxy) is 2. The van der Waals surface area contributed by atoms with E-state index in [1.54, 1.807) is 30.3 Å². The molecule has 28 heavy (non-hydrogen) atoms. The molecule has 0 unspecified atom stereocenters. The zero-order chi connectivity index (χ0) is 20.3. The van der Waals surface area contributed by atoms with Crippen LogP contribution in [0.25, 0.3) is 0 Å². The predicted molar refractivity (Wildman–Crippen MR) is 96.8 cm³/mol. The number of nitrogens with zero attached hydrogens (tertiary/aromatic N) is 3. The first-order chi connectivity index (χ1) is 13.5. The summed E-state index contributed by atoms with van der Waals surface area (Å²) in [5.41, 5.74) is 4.36. The molecule has 3 rings (SSSR count).